The molecule has 2 nitrogen and oxygen atoms in total. The summed E-state index contributed by atoms with van der Waals surface area (Å²) < 4.78 is 0. The maximum absolute atomic E-state index is 11.7. The van der Waals surface area contributed by atoms with E-state index in [1.165, 1.54) is 5.56 Å². The zero-order chi connectivity index (χ0) is 12.9. The van der Waals surface area contributed by atoms with Gasteiger partial charge in [0.2, 0.25) is 5.91 Å². The molecule has 1 amide bonds. The number of carbonyl (C=O) groups is 1. The van der Waals surface area contributed by atoms with Gasteiger partial charge in [0.05, 0.1) is 5.54 Å². The molecule has 1 aromatic carbocycles. The van der Waals surface area contributed by atoms with E-state index < -0.39 is 0 Å². The second-order valence-electron chi connectivity index (χ2n) is 4.84. The topological polar surface area (TPSA) is 29.1 Å². The molecule has 0 aliphatic carbocycles. The number of hydrogen-bond acceptors (Lipinski definition) is 1. The molecule has 3 heteroatoms. The van der Waals surface area contributed by atoms with Crippen molar-refractivity contribution in [1.29, 1.82) is 0 Å². The van der Waals surface area contributed by atoms with Crippen LogP contribution in [0.5, 0.6) is 0 Å². The zero-order valence-electron chi connectivity index (χ0n) is 10.7. The number of nitrogens with one attached hydrogen (secondary N) is 1. The van der Waals surface area contributed by atoms with Crippen molar-refractivity contribution in [3.63, 3.8) is 0 Å². The van der Waals surface area contributed by atoms with E-state index in [0.29, 0.717) is 12.3 Å². The third-order valence-corrected chi connectivity index (χ3v) is 3.00. The van der Waals surface area contributed by atoms with E-state index in [1.807, 2.05) is 26.0 Å². The first-order valence-electron chi connectivity index (χ1n) is 5.90. The van der Waals surface area contributed by atoms with Gasteiger partial charge < -0.3 is 5.32 Å². The van der Waals surface area contributed by atoms with Crippen LogP contribution in [0.4, 0.5) is 0 Å². The average molecular weight is 254 g/mol. The molecule has 0 fully saturated rings. The van der Waals surface area contributed by atoms with Gasteiger partial charge in [0.25, 0.3) is 0 Å². The van der Waals surface area contributed by atoms with E-state index in [2.05, 4.69) is 24.4 Å². The molecule has 0 aliphatic rings. The van der Waals surface area contributed by atoms with E-state index in [9.17, 15) is 4.79 Å². The number of benzene rings is 1. The van der Waals surface area contributed by atoms with Crippen LogP contribution in [-0.2, 0) is 10.3 Å². The largest absolute Gasteiger partial charge is 0.347 e. The second kappa shape index (κ2) is 6.06. The minimum Gasteiger partial charge on any atom is -0.347 e. The lowest BCUT2D eigenvalue weighted by Crippen LogP contribution is -2.40. The van der Waals surface area contributed by atoms with Crippen molar-refractivity contribution in [2.24, 2.45) is 0 Å². The third-order valence-electron chi connectivity index (χ3n) is 2.73. The number of aryl methyl sites for hydroxylation is 1. The Balaban J connectivity index is 2.71. The first-order valence-corrected chi connectivity index (χ1v) is 6.43. The summed E-state index contributed by atoms with van der Waals surface area (Å²) in [6.45, 7) is 6.08. The monoisotopic (exact) mass is 253 g/mol. The Bertz CT molecular complexity index is 388. The molecule has 0 bridgehead atoms. The molecule has 0 atom stereocenters. The predicted octanol–water partition coefficient (Wildman–Crippen LogP) is 3.37. The molecule has 1 N–H and O–H groups in total. The molecular formula is C14H20ClNO. The van der Waals surface area contributed by atoms with Crippen LogP contribution in [0.15, 0.2) is 24.3 Å². The molecule has 0 saturated heterocycles. The van der Waals surface area contributed by atoms with Gasteiger partial charge in [-0.2, -0.15) is 0 Å². The van der Waals surface area contributed by atoms with E-state index in [-0.39, 0.29) is 11.4 Å². The lowest BCUT2D eigenvalue weighted by atomic mass is 9.93. The number of amides is 1. The second-order valence-corrected chi connectivity index (χ2v) is 5.21. The SMILES string of the molecule is Cc1cccc(C(C)(C)NC(=O)CCCCl)c1. The number of carbonyl (C=O) groups excluding carboxylic acids is 1. The minimum atomic E-state index is -0.338. The highest BCUT2D eigenvalue weighted by atomic mass is 35.5. The number of halogens is 1. The van der Waals surface area contributed by atoms with Crippen molar-refractivity contribution in [1.82, 2.24) is 5.32 Å². The van der Waals surface area contributed by atoms with Gasteiger partial charge in [0, 0.05) is 12.3 Å². The lowest BCUT2D eigenvalue weighted by molar-refractivity contribution is -0.122. The summed E-state index contributed by atoms with van der Waals surface area (Å²) in [6.07, 6.45) is 1.20. The van der Waals surface area contributed by atoms with Crippen LogP contribution in [0.3, 0.4) is 0 Å². The molecule has 17 heavy (non-hydrogen) atoms. The Morgan fingerprint density at radius 3 is 2.71 bits per heavy atom. The zero-order valence-corrected chi connectivity index (χ0v) is 11.5. The van der Waals surface area contributed by atoms with Crippen LogP contribution in [0.2, 0.25) is 0 Å². The Morgan fingerprint density at radius 2 is 2.12 bits per heavy atom. The van der Waals surface area contributed by atoms with Gasteiger partial charge in [-0.1, -0.05) is 29.8 Å². The van der Waals surface area contributed by atoms with Crippen LogP contribution in [0, 0.1) is 6.92 Å². The van der Waals surface area contributed by atoms with Crippen LogP contribution in [0.1, 0.15) is 37.8 Å². The summed E-state index contributed by atoms with van der Waals surface area (Å²) in [7, 11) is 0. The molecule has 0 heterocycles. The highest BCUT2D eigenvalue weighted by Crippen LogP contribution is 2.21. The average Bonchev–Trinajstić information content (AvgIpc) is 2.26. The smallest absolute Gasteiger partial charge is 0.220 e. The first-order chi connectivity index (χ1) is 7.95. The van der Waals surface area contributed by atoms with E-state index in [4.69, 9.17) is 11.6 Å². The van der Waals surface area contributed by atoms with Gasteiger partial charge in [0.15, 0.2) is 0 Å². The Hall–Kier alpha value is -1.02. The molecule has 0 saturated carbocycles. The number of alkyl halides is 1. The summed E-state index contributed by atoms with van der Waals surface area (Å²) in [5.41, 5.74) is 1.98. The summed E-state index contributed by atoms with van der Waals surface area (Å²) in [4.78, 5) is 11.7. The predicted molar refractivity (Wildman–Crippen MR) is 72.3 cm³/mol. The normalized spacial score (nSPS) is 11.3. The fourth-order valence-electron chi connectivity index (χ4n) is 1.74. The third kappa shape index (κ3) is 4.39. The van der Waals surface area contributed by atoms with Crippen LogP contribution >= 0.6 is 11.6 Å². The van der Waals surface area contributed by atoms with Crippen LogP contribution in [0.25, 0.3) is 0 Å². The van der Waals surface area contributed by atoms with Crippen molar-refractivity contribution < 1.29 is 4.79 Å². The molecule has 0 radical (unpaired) electrons. The molecule has 0 aliphatic heterocycles. The quantitative estimate of drug-likeness (QED) is 0.801. The van der Waals surface area contributed by atoms with Crippen molar-refractivity contribution in [2.75, 3.05) is 5.88 Å². The molecule has 1 rings (SSSR count). The molecule has 0 spiro atoms. The van der Waals surface area contributed by atoms with Crippen LogP contribution < -0.4 is 5.32 Å². The van der Waals surface area contributed by atoms with Crippen molar-refractivity contribution >= 4 is 17.5 Å². The number of hydrogen-bond donors (Lipinski definition) is 1. The van der Waals surface area contributed by atoms with Gasteiger partial charge in [-0.05, 0) is 32.8 Å². The lowest BCUT2D eigenvalue weighted by Gasteiger charge is -2.27. The highest BCUT2D eigenvalue weighted by Gasteiger charge is 2.22. The van der Waals surface area contributed by atoms with E-state index in [1.54, 1.807) is 0 Å². The molecular weight excluding hydrogens is 234 g/mol. The van der Waals surface area contributed by atoms with Gasteiger partial charge >= 0.3 is 0 Å². The summed E-state index contributed by atoms with van der Waals surface area (Å²) in [6, 6.07) is 8.20. The molecule has 0 aromatic heterocycles. The Labute approximate surface area is 108 Å². The number of rotatable bonds is 5. The maximum Gasteiger partial charge on any atom is 0.220 e. The van der Waals surface area contributed by atoms with E-state index >= 15 is 0 Å². The fourth-order valence-corrected chi connectivity index (χ4v) is 1.88. The highest BCUT2D eigenvalue weighted by molar-refractivity contribution is 6.17. The van der Waals surface area contributed by atoms with Gasteiger partial charge in [0.1, 0.15) is 0 Å². The fraction of sp³-hybridized carbons (Fsp3) is 0.500. The summed E-state index contributed by atoms with van der Waals surface area (Å²) in [5, 5.41) is 3.04. The molecule has 1 aromatic rings. The minimum absolute atomic E-state index is 0.0529. The maximum atomic E-state index is 11.7. The van der Waals surface area contributed by atoms with Crippen molar-refractivity contribution in [3.05, 3.63) is 35.4 Å². The summed E-state index contributed by atoms with van der Waals surface area (Å²) in [5.74, 6) is 0.579. The standard InChI is InChI=1S/C14H20ClNO/c1-11-6-4-7-12(10-11)14(2,3)16-13(17)8-5-9-15/h4,6-7,10H,5,8-9H2,1-3H3,(H,16,17). The van der Waals surface area contributed by atoms with Gasteiger partial charge in [-0.3, -0.25) is 4.79 Å². The molecule has 0 unspecified atom stereocenters. The van der Waals surface area contributed by atoms with Crippen molar-refractivity contribution in [2.45, 2.75) is 39.2 Å². The van der Waals surface area contributed by atoms with Crippen LogP contribution in [-0.4, -0.2) is 11.8 Å². The Kier molecular flexibility index (Phi) is 5.01. The van der Waals surface area contributed by atoms with Gasteiger partial charge in [-0.25, -0.2) is 0 Å². The molecule has 94 valence electrons. The first kappa shape index (κ1) is 14.0. The van der Waals surface area contributed by atoms with Gasteiger partial charge in [-0.15, -0.1) is 11.6 Å². The Morgan fingerprint density at radius 1 is 1.41 bits per heavy atom. The van der Waals surface area contributed by atoms with Crippen molar-refractivity contribution in [3.8, 4) is 0 Å². The van der Waals surface area contributed by atoms with E-state index in [0.717, 1.165) is 12.0 Å². The summed E-state index contributed by atoms with van der Waals surface area (Å²) >= 11 is 5.57.